The zero-order valence-corrected chi connectivity index (χ0v) is 11.6. The standard InChI is InChI=1S/C10H21NS2.Cu/c1-3-5-6-7-9-11(8-4-2)10(12)13;/h3-9H2,1-2H3,(H,12,13);/q;+1/p-1. The number of nitrogens with zero attached hydrogens (tertiary/aromatic N) is 1. The Bertz CT molecular complexity index is 142. The van der Waals surface area contributed by atoms with Gasteiger partial charge in [-0.3, -0.25) is 0 Å². The summed E-state index contributed by atoms with van der Waals surface area (Å²) in [5.74, 6) is 0. The Labute approximate surface area is 110 Å². The maximum Gasteiger partial charge on any atom is 1.00 e. The normalized spacial score (nSPS) is 9.29. The van der Waals surface area contributed by atoms with Crippen molar-refractivity contribution in [1.82, 2.24) is 4.90 Å². The van der Waals surface area contributed by atoms with E-state index in [9.17, 15) is 0 Å². The van der Waals surface area contributed by atoms with Crippen molar-refractivity contribution in [3.63, 3.8) is 0 Å². The van der Waals surface area contributed by atoms with Gasteiger partial charge in [0.05, 0.1) is 0 Å². The maximum absolute atomic E-state index is 5.00. The van der Waals surface area contributed by atoms with E-state index < -0.39 is 0 Å². The van der Waals surface area contributed by atoms with Crippen LogP contribution in [0.15, 0.2) is 0 Å². The van der Waals surface area contributed by atoms with Crippen LogP contribution < -0.4 is 0 Å². The predicted octanol–water partition coefficient (Wildman–Crippen LogP) is 3.11. The van der Waals surface area contributed by atoms with Gasteiger partial charge >= 0.3 is 17.1 Å². The zero-order chi connectivity index (χ0) is 10.1. The SMILES string of the molecule is CCCCCCN(CCC)C(=S)[S-].[Cu+]. The molecule has 0 radical (unpaired) electrons. The van der Waals surface area contributed by atoms with Gasteiger partial charge in [-0.15, -0.1) is 0 Å². The molecule has 0 aromatic rings. The van der Waals surface area contributed by atoms with E-state index in [0.29, 0.717) is 4.32 Å². The summed E-state index contributed by atoms with van der Waals surface area (Å²) in [7, 11) is 0. The average Bonchev–Trinajstić information content (AvgIpc) is 2.10. The third-order valence-electron chi connectivity index (χ3n) is 2.03. The molecule has 0 atom stereocenters. The molecular weight excluding hydrogens is 262 g/mol. The average molecular weight is 282 g/mol. The summed E-state index contributed by atoms with van der Waals surface area (Å²) >= 11 is 10.0. The Balaban J connectivity index is 0. The molecule has 0 aromatic heterocycles. The minimum atomic E-state index is 0. The van der Waals surface area contributed by atoms with Crippen molar-refractivity contribution < 1.29 is 17.1 Å². The molecule has 0 aliphatic carbocycles. The molecule has 0 amide bonds. The Hall–Kier alpha value is 0.629. The van der Waals surface area contributed by atoms with Gasteiger partial charge in [0.15, 0.2) is 0 Å². The number of hydrogen-bond acceptors (Lipinski definition) is 2. The van der Waals surface area contributed by atoms with Crippen molar-refractivity contribution in [2.75, 3.05) is 13.1 Å². The van der Waals surface area contributed by atoms with Crippen LogP contribution in [0.5, 0.6) is 0 Å². The Morgan fingerprint density at radius 3 is 2.14 bits per heavy atom. The van der Waals surface area contributed by atoms with Crippen LogP contribution in [-0.2, 0) is 29.7 Å². The van der Waals surface area contributed by atoms with Crippen LogP contribution in [0.25, 0.3) is 0 Å². The smallest absolute Gasteiger partial charge is 0.411 e. The first-order chi connectivity index (χ1) is 6.22. The fourth-order valence-corrected chi connectivity index (χ4v) is 1.66. The van der Waals surface area contributed by atoms with Gasteiger partial charge < -0.3 is 29.7 Å². The van der Waals surface area contributed by atoms with Gasteiger partial charge in [-0.2, -0.15) is 0 Å². The molecule has 88 valence electrons. The molecule has 4 heteroatoms. The third-order valence-corrected chi connectivity index (χ3v) is 2.55. The van der Waals surface area contributed by atoms with Crippen LogP contribution in [0, 0.1) is 0 Å². The second-order valence-electron chi connectivity index (χ2n) is 3.31. The molecule has 14 heavy (non-hydrogen) atoms. The Morgan fingerprint density at radius 1 is 1.07 bits per heavy atom. The van der Waals surface area contributed by atoms with E-state index in [1.165, 1.54) is 25.7 Å². The first-order valence-corrected chi connectivity index (χ1v) is 6.00. The first-order valence-electron chi connectivity index (χ1n) is 5.18. The van der Waals surface area contributed by atoms with E-state index in [0.717, 1.165) is 19.5 Å². The van der Waals surface area contributed by atoms with E-state index in [2.05, 4.69) is 18.7 Å². The molecular formula is C10H20CuNS2. The molecule has 0 unspecified atom stereocenters. The van der Waals surface area contributed by atoms with Crippen molar-refractivity contribution in [3.05, 3.63) is 0 Å². The molecule has 0 aliphatic heterocycles. The number of unbranched alkanes of at least 4 members (excludes halogenated alkanes) is 3. The van der Waals surface area contributed by atoms with Gasteiger partial charge in [-0.1, -0.05) is 37.4 Å². The number of thiocarbonyl (C=S) groups is 1. The molecule has 0 N–H and O–H groups in total. The van der Waals surface area contributed by atoms with Crippen LogP contribution in [0.2, 0.25) is 0 Å². The molecule has 0 rings (SSSR count). The molecule has 0 spiro atoms. The van der Waals surface area contributed by atoms with Gasteiger partial charge in [0.25, 0.3) is 0 Å². The van der Waals surface area contributed by atoms with Crippen LogP contribution in [0.4, 0.5) is 0 Å². The van der Waals surface area contributed by atoms with Gasteiger partial charge in [0.1, 0.15) is 0 Å². The number of hydrogen-bond donors (Lipinski definition) is 0. The summed E-state index contributed by atoms with van der Waals surface area (Å²) in [5, 5.41) is 0. The second-order valence-corrected chi connectivity index (χ2v) is 4.35. The van der Waals surface area contributed by atoms with Crippen LogP contribution >= 0.6 is 12.2 Å². The summed E-state index contributed by atoms with van der Waals surface area (Å²) in [6, 6.07) is 0. The summed E-state index contributed by atoms with van der Waals surface area (Å²) in [4.78, 5) is 2.14. The summed E-state index contributed by atoms with van der Waals surface area (Å²) < 4.78 is 0.637. The maximum atomic E-state index is 5.00. The van der Waals surface area contributed by atoms with E-state index >= 15 is 0 Å². The molecule has 0 heterocycles. The Kier molecular flexibility index (Phi) is 14.2. The largest absolute Gasteiger partial charge is 1.00 e. The molecule has 1 nitrogen and oxygen atoms in total. The fraction of sp³-hybridized carbons (Fsp3) is 0.900. The van der Waals surface area contributed by atoms with Crippen molar-refractivity contribution in [3.8, 4) is 0 Å². The van der Waals surface area contributed by atoms with E-state index in [4.69, 9.17) is 24.8 Å². The van der Waals surface area contributed by atoms with E-state index in [1.54, 1.807) is 0 Å². The van der Waals surface area contributed by atoms with Crippen molar-refractivity contribution in [2.24, 2.45) is 0 Å². The number of rotatable bonds is 7. The van der Waals surface area contributed by atoms with Crippen LogP contribution in [0.1, 0.15) is 46.0 Å². The predicted molar refractivity (Wildman–Crippen MR) is 66.0 cm³/mol. The van der Waals surface area contributed by atoms with Gasteiger partial charge in [0.2, 0.25) is 0 Å². The van der Waals surface area contributed by atoms with E-state index in [-0.39, 0.29) is 17.1 Å². The molecule has 0 aliphatic rings. The minimum absolute atomic E-state index is 0. The van der Waals surface area contributed by atoms with Gasteiger partial charge in [0, 0.05) is 13.1 Å². The quantitative estimate of drug-likeness (QED) is 0.306. The molecule has 0 fully saturated rings. The van der Waals surface area contributed by atoms with Crippen molar-refractivity contribution in [2.45, 2.75) is 46.0 Å². The molecule has 0 saturated carbocycles. The summed E-state index contributed by atoms with van der Waals surface area (Å²) in [6.45, 7) is 6.46. The summed E-state index contributed by atoms with van der Waals surface area (Å²) in [5.41, 5.74) is 0. The Morgan fingerprint density at radius 2 is 1.71 bits per heavy atom. The summed E-state index contributed by atoms with van der Waals surface area (Å²) in [6.07, 6.45) is 6.26. The molecule has 0 saturated heterocycles. The van der Waals surface area contributed by atoms with Gasteiger partial charge in [-0.25, -0.2) is 0 Å². The third kappa shape index (κ3) is 9.19. The topological polar surface area (TPSA) is 3.24 Å². The van der Waals surface area contributed by atoms with Crippen LogP contribution in [-0.4, -0.2) is 22.3 Å². The fourth-order valence-electron chi connectivity index (χ4n) is 1.29. The van der Waals surface area contributed by atoms with E-state index in [1.807, 2.05) is 0 Å². The first kappa shape index (κ1) is 17.0. The van der Waals surface area contributed by atoms with Crippen molar-refractivity contribution >= 4 is 29.2 Å². The van der Waals surface area contributed by atoms with Gasteiger partial charge in [-0.05, 0) is 12.8 Å². The zero-order valence-electron chi connectivity index (χ0n) is 9.01. The molecule has 0 aromatic carbocycles. The molecule has 0 bridgehead atoms. The van der Waals surface area contributed by atoms with Crippen LogP contribution in [0.3, 0.4) is 0 Å². The second kappa shape index (κ2) is 11.7. The monoisotopic (exact) mass is 281 g/mol. The van der Waals surface area contributed by atoms with Crippen molar-refractivity contribution in [1.29, 1.82) is 0 Å². The minimum Gasteiger partial charge on any atom is -0.411 e.